The van der Waals surface area contributed by atoms with Crippen LogP contribution in [0.3, 0.4) is 0 Å². The molecule has 0 bridgehead atoms. The zero-order valence-electron chi connectivity index (χ0n) is 12.2. The van der Waals surface area contributed by atoms with E-state index in [1.165, 1.54) is 6.07 Å². The summed E-state index contributed by atoms with van der Waals surface area (Å²) in [6.45, 7) is 3.98. The van der Waals surface area contributed by atoms with Gasteiger partial charge in [0, 0.05) is 22.0 Å². The predicted molar refractivity (Wildman–Crippen MR) is 88.6 cm³/mol. The maximum atomic E-state index is 11.6. The summed E-state index contributed by atoms with van der Waals surface area (Å²) in [7, 11) is 1.63. The summed E-state index contributed by atoms with van der Waals surface area (Å²) in [5.41, 5.74) is 1.40. The molecule has 0 saturated carbocycles. The molecule has 5 heteroatoms. The topological polar surface area (TPSA) is 55.0 Å². The first-order chi connectivity index (χ1) is 9.99. The van der Waals surface area contributed by atoms with E-state index in [1.54, 1.807) is 7.11 Å². The second-order valence-corrected chi connectivity index (χ2v) is 5.85. The SMILES string of the molecule is COc1ccc(Br)cc1/C=C/c1cc(=O)[nH]c(C(C)C)n1. The standard InChI is InChI=1S/C16H17BrN2O2/c1-10(2)16-18-13(9-15(20)19-16)6-4-11-8-12(17)5-7-14(11)21-3/h4-10H,1-3H3,(H,18,19,20)/b6-4+. The molecule has 2 aromatic rings. The number of aromatic amines is 1. The van der Waals surface area contributed by atoms with Crippen LogP contribution in [0.5, 0.6) is 5.75 Å². The van der Waals surface area contributed by atoms with Gasteiger partial charge in [-0.05, 0) is 30.4 Å². The van der Waals surface area contributed by atoms with Gasteiger partial charge >= 0.3 is 0 Å². The number of benzene rings is 1. The van der Waals surface area contributed by atoms with Crippen molar-refractivity contribution in [2.24, 2.45) is 0 Å². The fourth-order valence-electron chi connectivity index (χ4n) is 1.87. The Morgan fingerprint density at radius 1 is 1.29 bits per heavy atom. The second-order valence-electron chi connectivity index (χ2n) is 4.93. The molecular formula is C16H17BrN2O2. The van der Waals surface area contributed by atoms with E-state index in [1.807, 2.05) is 44.2 Å². The highest BCUT2D eigenvalue weighted by Crippen LogP contribution is 2.24. The largest absolute Gasteiger partial charge is 0.496 e. The molecule has 2 rings (SSSR count). The Balaban J connectivity index is 2.38. The average Bonchev–Trinajstić information content (AvgIpc) is 2.44. The number of rotatable bonds is 4. The van der Waals surface area contributed by atoms with E-state index in [9.17, 15) is 4.79 Å². The molecule has 1 heterocycles. The molecule has 0 aliphatic heterocycles. The Morgan fingerprint density at radius 2 is 2.05 bits per heavy atom. The van der Waals surface area contributed by atoms with E-state index >= 15 is 0 Å². The van der Waals surface area contributed by atoms with Gasteiger partial charge in [-0.2, -0.15) is 0 Å². The van der Waals surface area contributed by atoms with E-state index in [0.717, 1.165) is 15.8 Å². The molecule has 0 unspecified atom stereocenters. The molecule has 0 saturated heterocycles. The van der Waals surface area contributed by atoms with Crippen LogP contribution in [0.1, 0.15) is 36.8 Å². The fourth-order valence-corrected chi connectivity index (χ4v) is 2.24. The van der Waals surface area contributed by atoms with Crippen molar-refractivity contribution in [2.45, 2.75) is 19.8 Å². The summed E-state index contributed by atoms with van der Waals surface area (Å²) in [6, 6.07) is 7.23. The Labute approximate surface area is 132 Å². The maximum absolute atomic E-state index is 11.6. The van der Waals surface area contributed by atoms with Gasteiger partial charge in [-0.25, -0.2) is 4.98 Å². The highest BCUT2D eigenvalue weighted by Gasteiger charge is 2.04. The summed E-state index contributed by atoms with van der Waals surface area (Å²) in [5, 5.41) is 0. The Bertz CT molecular complexity index is 720. The van der Waals surface area contributed by atoms with Crippen molar-refractivity contribution in [2.75, 3.05) is 7.11 Å². The highest BCUT2D eigenvalue weighted by atomic mass is 79.9. The van der Waals surface area contributed by atoms with Crippen LogP contribution in [0.15, 0.2) is 33.5 Å². The van der Waals surface area contributed by atoms with E-state index in [0.29, 0.717) is 11.5 Å². The van der Waals surface area contributed by atoms with Gasteiger partial charge < -0.3 is 9.72 Å². The first kappa shape index (κ1) is 15.5. The Hall–Kier alpha value is -1.88. The number of nitrogens with zero attached hydrogens (tertiary/aromatic N) is 1. The lowest BCUT2D eigenvalue weighted by molar-refractivity contribution is 0.414. The maximum Gasteiger partial charge on any atom is 0.251 e. The van der Waals surface area contributed by atoms with Gasteiger partial charge in [0.25, 0.3) is 5.56 Å². The predicted octanol–water partition coefficient (Wildman–Crippen LogP) is 3.83. The minimum atomic E-state index is -0.144. The summed E-state index contributed by atoms with van der Waals surface area (Å²) < 4.78 is 6.28. The van der Waals surface area contributed by atoms with E-state index in [2.05, 4.69) is 25.9 Å². The molecule has 1 aromatic heterocycles. The van der Waals surface area contributed by atoms with E-state index in [-0.39, 0.29) is 11.5 Å². The molecule has 0 fully saturated rings. The van der Waals surface area contributed by atoms with Crippen LogP contribution in [0.2, 0.25) is 0 Å². The number of halogens is 1. The van der Waals surface area contributed by atoms with Crippen LogP contribution in [0.4, 0.5) is 0 Å². The third kappa shape index (κ3) is 4.04. The molecule has 1 N–H and O–H groups in total. The van der Waals surface area contributed by atoms with Crippen LogP contribution >= 0.6 is 15.9 Å². The molecule has 1 aromatic carbocycles. The lowest BCUT2D eigenvalue weighted by Gasteiger charge is -2.06. The molecule has 0 atom stereocenters. The van der Waals surface area contributed by atoms with Gasteiger partial charge in [-0.15, -0.1) is 0 Å². The lowest BCUT2D eigenvalue weighted by atomic mass is 10.1. The Kier molecular flexibility index (Phi) is 4.96. The molecule has 21 heavy (non-hydrogen) atoms. The third-order valence-corrected chi connectivity index (χ3v) is 3.45. The molecule has 0 aliphatic rings. The minimum Gasteiger partial charge on any atom is -0.496 e. The number of hydrogen-bond acceptors (Lipinski definition) is 3. The quantitative estimate of drug-likeness (QED) is 0.913. The molecule has 110 valence electrons. The first-order valence-electron chi connectivity index (χ1n) is 6.62. The summed E-state index contributed by atoms with van der Waals surface area (Å²) in [4.78, 5) is 18.8. The fraction of sp³-hybridized carbons (Fsp3) is 0.250. The molecule has 0 aliphatic carbocycles. The van der Waals surface area contributed by atoms with Crippen molar-refractivity contribution in [3.63, 3.8) is 0 Å². The summed E-state index contributed by atoms with van der Waals surface area (Å²) in [5.74, 6) is 1.62. The molecule has 0 amide bonds. The second kappa shape index (κ2) is 6.72. The smallest absolute Gasteiger partial charge is 0.251 e. The lowest BCUT2D eigenvalue weighted by Crippen LogP contribution is -2.12. The van der Waals surface area contributed by atoms with Crippen LogP contribution in [-0.4, -0.2) is 17.1 Å². The molecule has 0 radical (unpaired) electrons. The van der Waals surface area contributed by atoms with Crippen molar-refractivity contribution < 1.29 is 4.74 Å². The third-order valence-electron chi connectivity index (χ3n) is 2.95. The van der Waals surface area contributed by atoms with Crippen LogP contribution in [0.25, 0.3) is 12.2 Å². The van der Waals surface area contributed by atoms with Crippen molar-refractivity contribution >= 4 is 28.1 Å². The van der Waals surface area contributed by atoms with Crippen LogP contribution < -0.4 is 10.3 Å². The highest BCUT2D eigenvalue weighted by molar-refractivity contribution is 9.10. The average molecular weight is 349 g/mol. The number of hydrogen-bond donors (Lipinski definition) is 1. The van der Waals surface area contributed by atoms with Gasteiger partial charge in [0.05, 0.1) is 12.8 Å². The van der Waals surface area contributed by atoms with E-state index < -0.39 is 0 Å². The molecule has 0 spiro atoms. The van der Waals surface area contributed by atoms with Gasteiger partial charge in [0.2, 0.25) is 0 Å². The molecular weight excluding hydrogens is 332 g/mol. The van der Waals surface area contributed by atoms with Crippen molar-refractivity contribution in [1.29, 1.82) is 0 Å². The van der Waals surface area contributed by atoms with E-state index in [4.69, 9.17) is 4.74 Å². The number of H-pyrrole nitrogens is 1. The van der Waals surface area contributed by atoms with Gasteiger partial charge in [-0.1, -0.05) is 29.8 Å². The van der Waals surface area contributed by atoms with Gasteiger partial charge in [0.15, 0.2) is 0 Å². The zero-order chi connectivity index (χ0) is 15.4. The normalized spacial score (nSPS) is 11.3. The monoisotopic (exact) mass is 348 g/mol. The van der Waals surface area contributed by atoms with Gasteiger partial charge in [0.1, 0.15) is 11.6 Å². The van der Waals surface area contributed by atoms with Crippen LogP contribution in [-0.2, 0) is 0 Å². The number of ether oxygens (including phenoxy) is 1. The number of aromatic nitrogens is 2. The van der Waals surface area contributed by atoms with Crippen molar-refractivity contribution in [3.05, 3.63) is 56.2 Å². The number of nitrogens with one attached hydrogen (secondary N) is 1. The Morgan fingerprint density at radius 3 is 2.71 bits per heavy atom. The van der Waals surface area contributed by atoms with Crippen LogP contribution in [0, 0.1) is 0 Å². The van der Waals surface area contributed by atoms with Gasteiger partial charge in [-0.3, -0.25) is 4.79 Å². The molecule has 4 nitrogen and oxygen atoms in total. The van der Waals surface area contributed by atoms with Crippen molar-refractivity contribution in [3.8, 4) is 5.75 Å². The van der Waals surface area contributed by atoms with Crippen molar-refractivity contribution in [1.82, 2.24) is 9.97 Å². The summed E-state index contributed by atoms with van der Waals surface area (Å²) in [6.07, 6.45) is 3.70. The summed E-state index contributed by atoms with van der Waals surface area (Å²) >= 11 is 3.43. The minimum absolute atomic E-state index is 0.144. The zero-order valence-corrected chi connectivity index (χ0v) is 13.8. The number of methoxy groups -OCH3 is 1. The first-order valence-corrected chi connectivity index (χ1v) is 7.42.